The smallest absolute Gasteiger partial charge is 0.325 e. The largest absolute Gasteiger partial charge is 0.454 e. The Morgan fingerprint density at radius 1 is 1.19 bits per heavy atom. The van der Waals surface area contributed by atoms with Gasteiger partial charge in [-0.05, 0) is 35.4 Å². The third-order valence-corrected chi connectivity index (χ3v) is 5.11. The van der Waals surface area contributed by atoms with Crippen LogP contribution in [0.25, 0.3) is 0 Å². The van der Waals surface area contributed by atoms with E-state index in [2.05, 4.69) is 5.32 Å². The quantitative estimate of drug-likeness (QED) is 0.552. The minimum absolute atomic E-state index is 0.274. The number of carbonyl (C=O) groups excluding carboxylic acids is 3. The summed E-state index contributed by atoms with van der Waals surface area (Å²) in [5, 5.41) is 4.23. The summed E-state index contributed by atoms with van der Waals surface area (Å²) in [5.41, 5.74) is 0.994. The number of thioether (sulfide) groups is 1. The summed E-state index contributed by atoms with van der Waals surface area (Å²) in [5.74, 6) is -1.30. The molecule has 2 amide bonds. The Labute approximate surface area is 160 Å². The molecule has 2 aromatic rings. The number of ether oxygens (including phenoxy) is 1. The number of esters is 1. The topological polar surface area (TPSA) is 75.7 Å². The van der Waals surface area contributed by atoms with Gasteiger partial charge in [-0.15, -0.1) is 23.1 Å². The van der Waals surface area contributed by atoms with Gasteiger partial charge in [0.25, 0.3) is 11.8 Å². The van der Waals surface area contributed by atoms with E-state index in [0.717, 1.165) is 10.5 Å². The van der Waals surface area contributed by atoms with Crippen LogP contribution in [0, 0.1) is 0 Å². The molecular weight excluding hydrogens is 372 g/mol. The Kier molecular flexibility index (Phi) is 7.68. The van der Waals surface area contributed by atoms with Crippen LogP contribution in [0.4, 0.5) is 0 Å². The first kappa shape index (κ1) is 20.0. The zero-order valence-corrected chi connectivity index (χ0v) is 16.2. The van der Waals surface area contributed by atoms with Gasteiger partial charge < -0.3 is 15.0 Å². The van der Waals surface area contributed by atoms with Crippen molar-refractivity contribution in [3.8, 4) is 0 Å². The number of nitrogens with one attached hydrogen (secondary N) is 1. The van der Waals surface area contributed by atoms with Crippen molar-refractivity contribution in [3.05, 3.63) is 52.2 Å². The maximum atomic E-state index is 12.1. The lowest BCUT2D eigenvalue weighted by Crippen LogP contribution is -2.34. The predicted molar refractivity (Wildman–Crippen MR) is 102 cm³/mol. The van der Waals surface area contributed by atoms with Gasteiger partial charge in [0, 0.05) is 18.5 Å². The lowest BCUT2D eigenvalue weighted by atomic mass is 10.2. The fourth-order valence-electron chi connectivity index (χ4n) is 2.04. The zero-order valence-electron chi connectivity index (χ0n) is 14.6. The molecule has 1 heterocycles. The Hall–Kier alpha value is -2.32. The van der Waals surface area contributed by atoms with Crippen LogP contribution < -0.4 is 5.32 Å². The van der Waals surface area contributed by atoms with Crippen molar-refractivity contribution < 1.29 is 19.1 Å². The van der Waals surface area contributed by atoms with Gasteiger partial charge in [0.05, 0.1) is 4.88 Å². The maximum Gasteiger partial charge on any atom is 0.325 e. The minimum Gasteiger partial charge on any atom is -0.454 e. The summed E-state index contributed by atoms with van der Waals surface area (Å²) in [6.45, 7) is -0.197. The molecule has 26 heavy (non-hydrogen) atoms. The fraction of sp³-hybridized carbons (Fsp3) is 0.278. The standard InChI is InChI=1S/C18H20N2O4S2/c1-20(11-13-5-7-14(25-2)8-6-13)16(21)12-24-17(22)10-19-18(23)15-4-3-9-26-15/h3-9H,10-12H2,1-2H3,(H,19,23). The molecule has 2 rings (SSSR count). The molecule has 0 aliphatic heterocycles. The highest BCUT2D eigenvalue weighted by Gasteiger charge is 2.14. The van der Waals surface area contributed by atoms with E-state index in [4.69, 9.17) is 4.74 Å². The van der Waals surface area contributed by atoms with Gasteiger partial charge in [0.15, 0.2) is 6.61 Å². The molecule has 0 bridgehead atoms. The van der Waals surface area contributed by atoms with Crippen molar-refractivity contribution in [1.29, 1.82) is 0 Å². The highest BCUT2D eigenvalue weighted by molar-refractivity contribution is 7.98. The number of benzene rings is 1. The number of thiophene rings is 1. The first-order valence-electron chi connectivity index (χ1n) is 7.84. The lowest BCUT2D eigenvalue weighted by Gasteiger charge is -2.17. The lowest BCUT2D eigenvalue weighted by molar-refractivity contribution is -0.150. The van der Waals surface area contributed by atoms with Crippen molar-refractivity contribution in [2.75, 3.05) is 26.5 Å². The molecule has 0 aliphatic rings. The van der Waals surface area contributed by atoms with Crippen LogP contribution in [0.1, 0.15) is 15.2 Å². The average Bonchev–Trinajstić information content (AvgIpc) is 3.19. The van der Waals surface area contributed by atoms with Crippen LogP contribution in [0.3, 0.4) is 0 Å². The van der Waals surface area contributed by atoms with Gasteiger partial charge in [-0.25, -0.2) is 0 Å². The Morgan fingerprint density at radius 3 is 2.54 bits per heavy atom. The molecule has 0 fully saturated rings. The average molecular weight is 393 g/mol. The van der Waals surface area contributed by atoms with Crippen molar-refractivity contribution in [2.45, 2.75) is 11.4 Å². The number of amides is 2. The summed E-state index contributed by atoms with van der Waals surface area (Å²) in [6.07, 6.45) is 2.00. The Morgan fingerprint density at radius 2 is 1.92 bits per heavy atom. The SMILES string of the molecule is CSc1ccc(CN(C)C(=O)COC(=O)CNC(=O)c2cccs2)cc1. The molecule has 0 unspecified atom stereocenters. The van der Waals surface area contributed by atoms with Crippen molar-refractivity contribution in [3.63, 3.8) is 0 Å². The first-order chi connectivity index (χ1) is 12.5. The summed E-state index contributed by atoms with van der Waals surface area (Å²) in [4.78, 5) is 38.6. The molecule has 1 aromatic heterocycles. The van der Waals surface area contributed by atoms with E-state index in [1.54, 1.807) is 36.3 Å². The van der Waals surface area contributed by atoms with E-state index in [-0.39, 0.29) is 25.0 Å². The van der Waals surface area contributed by atoms with Crippen LogP contribution in [0.15, 0.2) is 46.7 Å². The van der Waals surface area contributed by atoms with E-state index in [9.17, 15) is 14.4 Å². The molecule has 1 N–H and O–H groups in total. The van der Waals surface area contributed by atoms with Gasteiger partial charge in [-0.3, -0.25) is 14.4 Å². The molecule has 0 saturated heterocycles. The fourth-order valence-corrected chi connectivity index (χ4v) is 3.09. The van der Waals surface area contributed by atoms with Crippen LogP contribution >= 0.6 is 23.1 Å². The van der Waals surface area contributed by atoms with E-state index < -0.39 is 5.97 Å². The summed E-state index contributed by atoms with van der Waals surface area (Å²) >= 11 is 2.93. The summed E-state index contributed by atoms with van der Waals surface area (Å²) in [6, 6.07) is 11.3. The molecule has 0 aliphatic carbocycles. The van der Waals surface area contributed by atoms with Crippen molar-refractivity contribution in [1.82, 2.24) is 10.2 Å². The van der Waals surface area contributed by atoms with Gasteiger partial charge in [-0.2, -0.15) is 0 Å². The van der Waals surface area contributed by atoms with Gasteiger partial charge >= 0.3 is 5.97 Å². The molecule has 0 atom stereocenters. The Balaban J connectivity index is 1.70. The van der Waals surface area contributed by atoms with Crippen molar-refractivity contribution >= 4 is 40.9 Å². The van der Waals surface area contributed by atoms with E-state index in [1.165, 1.54) is 16.2 Å². The molecule has 0 spiro atoms. The number of likely N-dealkylation sites (N-methyl/N-ethyl adjacent to an activating group) is 1. The second-order valence-corrected chi connectivity index (χ2v) is 7.25. The second kappa shape index (κ2) is 9.98. The minimum atomic E-state index is -0.652. The van der Waals surface area contributed by atoms with Crippen LogP contribution in [-0.2, 0) is 20.9 Å². The maximum absolute atomic E-state index is 12.1. The molecule has 6 nitrogen and oxygen atoms in total. The number of nitrogens with zero attached hydrogens (tertiary/aromatic N) is 1. The van der Waals surface area contributed by atoms with Crippen LogP contribution in [0.5, 0.6) is 0 Å². The number of hydrogen-bond acceptors (Lipinski definition) is 6. The third kappa shape index (κ3) is 6.20. The van der Waals surface area contributed by atoms with E-state index in [1.807, 2.05) is 30.5 Å². The van der Waals surface area contributed by atoms with E-state index in [0.29, 0.717) is 11.4 Å². The number of carbonyl (C=O) groups is 3. The van der Waals surface area contributed by atoms with Gasteiger partial charge in [-0.1, -0.05) is 18.2 Å². The van der Waals surface area contributed by atoms with E-state index >= 15 is 0 Å². The number of rotatable bonds is 8. The third-order valence-electron chi connectivity index (χ3n) is 3.50. The van der Waals surface area contributed by atoms with Crippen molar-refractivity contribution in [2.24, 2.45) is 0 Å². The highest BCUT2D eigenvalue weighted by atomic mass is 32.2. The van der Waals surface area contributed by atoms with Gasteiger partial charge in [0.2, 0.25) is 0 Å². The summed E-state index contributed by atoms with van der Waals surface area (Å²) < 4.78 is 4.92. The highest BCUT2D eigenvalue weighted by Crippen LogP contribution is 2.15. The predicted octanol–water partition coefficient (Wildman–Crippen LogP) is 2.40. The number of hydrogen-bond donors (Lipinski definition) is 1. The van der Waals surface area contributed by atoms with Crippen LogP contribution in [0.2, 0.25) is 0 Å². The second-order valence-electron chi connectivity index (χ2n) is 5.42. The molecule has 0 radical (unpaired) electrons. The van der Waals surface area contributed by atoms with Gasteiger partial charge in [0.1, 0.15) is 6.54 Å². The monoisotopic (exact) mass is 392 g/mol. The molecular formula is C18H20N2O4S2. The zero-order chi connectivity index (χ0) is 18.9. The van der Waals surface area contributed by atoms with Crippen LogP contribution in [-0.4, -0.2) is 49.1 Å². The summed E-state index contributed by atoms with van der Waals surface area (Å²) in [7, 11) is 1.65. The normalized spacial score (nSPS) is 10.2. The first-order valence-corrected chi connectivity index (χ1v) is 9.94. The molecule has 138 valence electrons. The molecule has 1 aromatic carbocycles. The Bertz CT molecular complexity index is 745. The molecule has 0 saturated carbocycles. The molecule has 8 heteroatoms.